The van der Waals surface area contributed by atoms with Crippen molar-refractivity contribution in [2.75, 3.05) is 31.6 Å². The number of anilines is 1. The van der Waals surface area contributed by atoms with E-state index in [-0.39, 0.29) is 11.9 Å². The third kappa shape index (κ3) is 4.45. The summed E-state index contributed by atoms with van der Waals surface area (Å²) < 4.78 is 14.0. The van der Waals surface area contributed by atoms with Crippen LogP contribution in [0.5, 0.6) is 0 Å². The highest BCUT2D eigenvalue weighted by Crippen LogP contribution is 2.20. The van der Waals surface area contributed by atoms with Crippen LogP contribution in [0.2, 0.25) is 0 Å². The zero-order valence-electron chi connectivity index (χ0n) is 16.5. The lowest BCUT2D eigenvalue weighted by Crippen LogP contribution is -2.45. The van der Waals surface area contributed by atoms with Gasteiger partial charge in [-0.2, -0.15) is 0 Å². The number of halogens is 1. The summed E-state index contributed by atoms with van der Waals surface area (Å²) in [5.41, 5.74) is 2.26. The SMILES string of the molecule is CN=C(NCCc1cccc2cccnc12)NC1CCN(c2ncccc2F)C1. The van der Waals surface area contributed by atoms with E-state index in [9.17, 15) is 4.39 Å². The molecule has 2 N–H and O–H groups in total. The molecule has 1 atom stereocenters. The highest BCUT2D eigenvalue weighted by atomic mass is 19.1. The van der Waals surface area contributed by atoms with Crippen LogP contribution in [-0.2, 0) is 6.42 Å². The van der Waals surface area contributed by atoms with Gasteiger partial charge < -0.3 is 15.5 Å². The monoisotopic (exact) mass is 392 g/mol. The highest BCUT2D eigenvalue weighted by Gasteiger charge is 2.25. The minimum atomic E-state index is -0.278. The minimum Gasteiger partial charge on any atom is -0.356 e. The van der Waals surface area contributed by atoms with E-state index in [2.05, 4.69) is 49.9 Å². The lowest BCUT2D eigenvalue weighted by Gasteiger charge is -2.20. The van der Waals surface area contributed by atoms with Crippen molar-refractivity contribution in [2.24, 2.45) is 4.99 Å². The minimum absolute atomic E-state index is 0.196. The fraction of sp³-hybridized carbons (Fsp3) is 0.318. The number of nitrogens with zero attached hydrogens (tertiary/aromatic N) is 4. The maximum Gasteiger partial charge on any atom is 0.191 e. The number of aromatic nitrogens is 2. The van der Waals surface area contributed by atoms with Crippen LogP contribution in [0, 0.1) is 5.82 Å². The number of para-hydroxylation sites is 1. The van der Waals surface area contributed by atoms with Crippen molar-refractivity contribution in [3.8, 4) is 0 Å². The molecule has 150 valence electrons. The molecule has 4 rings (SSSR count). The summed E-state index contributed by atoms with van der Waals surface area (Å²) in [5.74, 6) is 0.897. The van der Waals surface area contributed by atoms with E-state index in [1.807, 2.05) is 17.2 Å². The third-order valence-electron chi connectivity index (χ3n) is 5.19. The molecule has 0 saturated carbocycles. The van der Waals surface area contributed by atoms with Gasteiger partial charge in [-0.05, 0) is 36.6 Å². The molecule has 0 aliphatic carbocycles. The van der Waals surface area contributed by atoms with Gasteiger partial charge in [0.05, 0.1) is 5.52 Å². The predicted molar refractivity (Wildman–Crippen MR) is 115 cm³/mol. The van der Waals surface area contributed by atoms with Crippen LogP contribution in [0.4, 0.5) is 10.2 Å². The van der Waals surface area contributed by atoms with E-state index in [0.29, 0.717) is 12.4 Å². The van der Waals surface area contributed by atoms with Crippen molar-refractivity contribution in [3.05, 3.63) is 66.2 Å². The predicted octanol–water partition coefficient (Wildman–Crippen LogP) is 2.76. The summed E-state index contributed by atoms with van der Waals surface area (Å²) >= 11 is 0. The molecule has 29 heavy (non-hydrogen) atoms. The molecule has 1 saturated heterocycles. The summed E-state index contributed by atoms with van der Waals surface area (Å²) in [6.07, 6.45) is 5.22. The van der Waals surface area contributed by atoms with Crippen molar-refractivity contribution in [2.45, 2.75) is 18.9 Å². The van der Waals surface area contributed by atoms with Crippen LogP contribution >= 0.6 is 0 Å². The number of benzene rings is 1. The number of guanidine groups is 1. The van der Waals surface area contributed by atoms with Crippen molar-refractivity contribution in [1.29, 1.82) is 0 Å². The molecule has 0 amide bonds. The van der Waals surface area contributed by atoms with Gasteiger partial charge >= 0.3 is 0 Å². The summed E-state index contributed by atoms with van der Waals surface area (Å²) in [6.45, 7) is 2.22. The van der Waals surface area contributed by atoms with Gasteiger partial charge in [0, 0.05) is 50.5 Å². The second-order valence-corrected chi connectivity index (χ2v) is 7.13. The Morgan fingerprint density at radius 3 is 2.86 bits per heavy atom. The Hall–Kier alpha value is -3.22. The Bertz CT molecular complexity index is 1000. The smallest absolute Gasteiger partial charge is 0.191 e. The maximum atomic E-state index is 14.0. The van der Waals surface area contributed by atoms with E-state index in [4.69, 9.17) is 0 Å². The quantitative estimate of drug-likeness (QED) is 0.516. The normalized spacial score (nSPS) is 17.0. The average molecular weight is 392 g/mol. The summed E-state index contributed by atoms with van der Waals surface area (Å²) in [4.78, 5) is 15.0. The van der Waals surface area contributed by atoms with Crippen LogP contribution in [0.1, 0.15) is 12.0 Å². The zero-order chi connectivity index (χ0) is 20.1. The molecule has 0 bridgehead atoms. The van der Waals surface area contributed by atoms with Gasteiger partial charge in [-0.15, -0.1) is 0 Å². The van der Waals surface area contributed by atoms with E-state index in [1.165, 1.54) is 11.6 Å². The standard InChI is InChI=1S/C22H25FN6/c1-24-22(27-13-9-17-6-2-5-16-7-3-11-25-20(16)17)28-18-10-14-29(15-18)21-19(23)8-4-12-26-21/h2-8,11-12,18H,9-10,13-15H2,1H3,(H2,24,27,28). The molecule has 3 aromatic rings. The zero-order valence-corrected chi connectivity index (χ0v) is 16.5. The van der Waals surface area contributed by atoms with Crippen molar-refractivity contribution < 1.29 is 4.39 Å². The summed E-state index contributed by atoms with van der Waals surface area (Å²) in [7, 11) is 1.76. The van der Waals surface area contributed by atoms with Gasteiger partial charge in [-0.25, -0.2) is 9.37 Å². The summed E-state index contributed by atoms with van der Waals surface area (Å²) in [6, 6.07) is 13.6. The number of fused-ring (bicyclic) bond motifs is 1. The first-order valence-corrected chi connectivity index (χ1v) is 9.90. The van der Waals surface area contributed by atoms with Crippen LogP contribution in [0.25, 0.3) is 10.9 Å². The van der Waals surface area contributed by atoms with E-state index in [1.54, 1.807) is 19.3 Å². The molecule has 1 fully saturated rings. The molecular weight excluding hydrogens is 367 g/mol. The van der Waals surface area contributed by atoms with E-state index in [0.717, 1.165) is 42.8 Å². The van der Waals surface area contributed by atoms with E-state index >= 15 is 0 Å². The molecule has 0 radical (unpaired) electrons. The first kappa shape index (κ1) is 19.1. The number of nitrogens with one attached hydrogen (secondary N) is 2. The summed E-state index contributed by atoms with van der Waals surface area (Å²) in [5, 5.41) is 7.97. The Kier molecular flexibility index (Phi) is 5.84. The number of aliphatic imine (C=N–C) groups is 1. The largest absolute Gasteiger partial charge is 0.356 e. The molecule has 2 aromatic heterocycles. The molecular formula is C22H25FN6. The molecule has 1 aliphatic heterocycles. The molecule has 1 unspecified atom stereocenters. The van der Waals surface area contributed by atoms with Gasteiger partial charge in [0.15, 0.2) is 17.6 Å². The number of pyridine rings is 2. The molecule has 3 heterocycles. The molecule has 6 nitrogen and oxygen atoms in total. The highest BCUT2D eigenvalue weighted by molar-refractivity contribution is 5.82. The first-order chi connectivity index (χ1) is 14.2. The third-order valence-corrected chi connectivity index (χ3v) is 5.19. The number of hydrogen-bond acceptors (Lipinski definition) is 4. The molecule has 1 aromatic carbocycles. The molecule has 0 spiro atoms. The Morgan fingerprint density at radius 2 is 2.00 bits per heavy atom. The van der Waals surface area contributed by atoms with Crippen molar-refractivity contribution >= 4 is 22.7 Å². The van der Waals surface area contributed by atoms with Gasteiger partial charge in [0.2, 0.25) is 0 Å². The first-order valence-electron chi connectivity index (χ1n) is 9.90. The van der Waals surface area contributed by atoms with Crippen molar-refractivity contribution in [3.63, 3.8) is 0 Å². The second-order valence-electron chi connectivity index (χ2n) is 7.13. The van der Waals surface area contributed by atoms with Crippen LogP contribution in [0.3, 0.4) is 0 Å². The second kappa shape index (κ2) is 8.86. The van der Waals surface area contributed by atoms with Gasteiger partial charge in [-0.1, -0.05) is 24.3 Å². The van der Waals surface area contributed by atoms with Crippen LogP contribution < -0.4 is 15.5 Å². The van der Waals surface area contributed by atoms with Crippen LogP contribution in [-0.4, -0.2) is 48.7 Å². The van der Waals surface area contributed by atoms with Gasteiger partial charge in [0.25, 0.3) is 0 Å². The fourth-order valence-electron chi connectivity index (χ4n) is 3.75. The Labute approximate surface area is 169 Å². The average Bonchev–Trinajstić information content (AvgIpc) is 3.21. The Morgan fingerprint density at radius 1 is 1.17 bits per heavy atom. The van der Waals surface area contributed by atoms with Gasteiger partial charge in [0.1, 0.15) is 0 Å². The molecule has 7 heteroatoms. The van der Waals surface area contributed by atoms with E-state index < -0.39 is 0 Å². The number of rotatable bonds is 5. The van der Waals surface area contributed by atoms with Crippen molar-refractivity contribution in [1.82, 2.24) is 20.6 Å². The van der Waals surface area contributed by atoms with Gasteiger partial charge in [-0.3, -0.25) is 9.98 Å². The topological polar surface area (TPSA) is 65.4 Å². The number of hydrogen-bond donors (Lipinski definition) is 2. The maximum absolute atomic E-state index is 14.0. The van der Waals surface area contributed by atoms with Crippen LogP contribution in [0.15, 0.2) is 59.9 Å². The lowest BCUT2D eigenvalue weighted by molar-refractivity contribution is 0.612. The lowest BCUT2D eigenvalue weighted by atomic mass is 10.1. The fourth-order valence-corrected chi connectivity index (χ4v) is 3.75. The Balaban J connectivity index is 1.31. The molecule has 1 aliphatic rings.